The van der Waals surface area contributed by atoms with Gasteiger partial charge in [-0.05, 0) is 33.6 Å². The molecule has 0 amide bonds. The Kier molecular flexibility index (Phi) is 10.2. The molecule has 0 bridgehead atoms. The molecule has 19 heavy (non-hydrogen) atoms. The van der Waals surface area contributed by atoms with Crippen molar-refractivity contribution in [2.75, 3.05) is 5.33 Å². The Morgan fingerprint density at radius 3 is 2.00 bits per heavy atom. The van der Waals surface area contributed by atoms with Crippen LogP contribution in [0.4, 0.5) is 0 Å². The van der Waals surface area contributed by atoms with Crippen molar-refractivity contribution in [1.29, 1.82) is 0 Å². The number of esters is 1. The van der Waals surface area contributed by atoms with E-state index in [0.717, 1.165) is 18.2 Å². The molecule has 0 saturated heterocycles. The number of unbranched alkanes of at least 4 members (excludes halogenated alkanes) is 5. The van der Waals surface area contributed by atoms with E-state index in [2.05, 4.69) is 15.9 Å². The Balaban J connectivity index is 3.52. The van der Waals surface area contributed by atoms with Gasteiger partial charge in [-0.3, -0.25) is 9.59 Å². The number of ether oxygens (including phenoxy) is 1. The predicted molar refractivity (Wildman–Crippen MR) is 81.6 cm³/mol. The lowest BCUT2D eigenvalue weighted by atomic mass is 10.1. The molecule has 0 heterocycles. The first kappa shape index (κ1) is 18.6. The van der Waals surface area contributed by atoms with Crippen LogP contribution in [-0.2, 0) is 14.3 Å². The monoisotopic (exact) mass is 334 g/mol. The van der Waals surface area contributed by atoms with Crippen LogP contribution in [-0.4, -0.2) is 22.7 Å². The number of alkyl halides is 1. The maximum atomic E-state index is 11.6. The van der Waals surface area contributed by atoms with Crippen molar-refractivity contribution in [3.63, 3.8) is 0 Å². The van der Waals surface area contributed by atoms with Crippen molar-refractivity contribution in [3.8, 4) is 0 Å². The van der Waals surface area contributed by atoms with E-state index in [1.54, 1.807) is 0 Å². The van der Waals surface area contributed by atoms with Gasteiger partial charge in [-0.1, -0.05) is 41.6 Å². The van der Waals surface area contributed by atoms with Gasteiger partial charge in [0, 0.05) is 11.8 Å². The first-order chi connectivity index (χ1) is 8.85. The average Bonchev–Trinajstić information content (AvgIpc) is 2.25. The van der Waals surface area contributed by atoms with Crippen LogP contribution in [0.15, 0.2) is 0 Å². The molecule has 0 aliphatic heterocycles. The molecule has 4 heteroatoms. The summed E-state index contributed by atoms with van der Waals surface area (Å²) < 4.78 is 5.12. The van der Waals surface area contributed by atoms with Gasteiger partial charge in [-0.25, -0.2) is 0 Å². The van der Waals surface area contributed by atoms with Gasteiger partial charge >= 0.3 is 5.97 Å². The van der Waals surface area contributed by atoms with Crippen molar-refractivity contribution in [1.82, 2.24) is 0 Å². The van der Waals surface area contributed by atoms with Gasteiger partial charge in [-0.15, -0.1) is 0 Å². The summed E-state index contributed by atoms with van der Waals surface area (Å²) in [5.41, 5.74) is -0.507. The van der Waals surface area contributed by atoms with Gasteiger partial charge < -0.3 is 4.74 Å². The first-order valence-corrected chi connectivity index (χ1v) is 8.27. The Bertz CT molecular complexity index is 269. The van der Waals surface area contributed by atoms with E-state index in [0.29, 0.717) is 6.42 Å². The molecule has 0 aliphatic carbocycles. The fourth-order valence-corrected chi connectivity index (χ4v) is 2.15. The number of ketones is 1. The Labute approximate surface area is 125 Å². The van der Waals surface area contributed by atoms with E-state index >= 15 is 0 Å². The SMILES string of the molecule is CC(C)(C)OC(=O)CC(=O)CCCCCCCCBr. The predicted octanol–water partition coefficient (Wildman–Crippen LogP) is 4.41. The zero-order valence-electron chi connectivity index (χ0n) is 12.5. The number of carbonyl (C=O) groups is 2. The van der Waals surface area contributed by atoms with Crippen LogP contribution in [0.3, 0.4) is 0 Å². The Morgan fingerprint density at radius 2 is 1.47 bits per heavy atom. The fourth-order valence-electron chi connectivity index (χ4n) is 1.75. The summed E-state index contributed by atoms with van der Waals surface area (Å²) in [6.07, 6.45) is 7.24. The Hall–Kier alpha value is -0.380. The molecule has 0 spiro atoms. The second-order valence-electron chi connectivity index (χ2n) is 5.86. The molecule has 0 N–H and O–H groups in total. The molecule has 0 aromatic carbocycles. The number of hydrogen-bond donors (Lipinski definition) is 0. The minimum Gasteiger partial charge on any atom is -0.460 e. The molecule has 112 valence electrons. The molecule has 3 nitrogen and oxygen atoms in total. The van der Waals surface area contributed by atoms with E-state index in [1.165, 1.54) is 25.7 Å². The largest absolute Gasteiger partial charge is 0.460 e. The zero-order valence-corrected chi connectivity index (χ0v) is 14.1. The molecule has 0 aliphatic rings. The number of halogens is 1. The van der Waals surface area contributed by atoms with Crippen molar-refractivity contribution in [3.05, 3.63) is 0 Å². The summed E-state index contributed by atoms with van der Waals surface area (Å²) in [5, 5.41) is 1.07. The highest BCUT2D eigenvalue weighted by atomic mass is 79.9. The third kappa shape index (κ3) is 13.8. The van der Waals surface area contributed by atoms with E-state index in [1.807, 2.05) is 20.8 Å². The van der Waals surface area contributed by atoms with Gasteiger partial charge in [0.15, 0.2) is 0 Å². The second kappa shape index (κ2) is 10.4. The molecule has 0 saturated carbocycles. The summed E-state index contributed by atoms with van der Waals surface area (Å²) in [6, 6.07) is 0. The number of rotatable bonds is 10. The molecule has 0 aromatic heterocycles. The van der Waals surface area contributed by atoms with Gasteiger partial charge in [-0.2, -0.15) is 0 Å². The van der Waals surface area contributed by atoms with Crippen molar-refractivity contribution in [2.24, 2.45) is 0 Å². The molecular formula is C15H27BrO3. The van der Waals surface area contributed by atoms with Crippen molar-refractivity contribution in [2.45, 2.75) is 77.7 Å². The lowest BCUT2D eigenvalue weighted by Gasteiger charge is -2.19. The summed E-state index contributed by atoms with van der Waals surface area (Å²) in [7, 11) is 0. The van der Waals surface area contributed by atoms with Crippen LogP contribution < -0.4 is 0 Å². The second-order valence-corrected chi connectivity index (χ2v) is 6.66. The standard InChI is InChI=1S/C15H27BrO3/c1-15(2,3)19-14(18)12-13(17)10-8-6-4-5-7-9-11-16/h4-12H2,1-3H3. The highest BCUT2D eigenvalue weighted by Gasteiger charge is 2.18. The highest BCUT2D eigenvalue weighted by molar-refractivity contribution is 9.09. The molecule has 0 aromatic rings. The smallest absolute Gasteiger partial charge is 0.313 e. The molecular weight excluding hydrogens is 308 g/mol. The van der Waals surface area contributed by atoms with Crippen LogP contribution in [0, 0.1) is 0 Å². The van der Waals surface area contributed by atoms with Crippen LogP contribution in [0.1, 0.15) is 72.1 Å². The van der Waals surface area contributed by atoms with Crippen LogP contribution in [0.5, 0.6) is 0 Å². The van der Waals surface area contributed by atoms with E-state index < -0.39 is 11.6 Å². The molecule has 0 radical (unpaired) electrons. The normalized spacial score (nSPS) is 11.4. The number of Topliss-reactive ketones (excluding diaryl/α,β-unsaturated/α-hetero) is 1. The maximum absolute atomic E-state index is 11.6. The van der Waals surface area contributed by atoms with Gasteiger partial charge in [0.2, 0.25) is 0 Å². The Morgan fingerprint density at radius 1 is 0.947 bits per heavy atom. The summed E-state index contributed by atoms with van der Waals surface area (Å²) >= 11 is 3.41. The van der Waals surface area contributed by atoms with E-state index in [-0.39, 0.29) is 12.2 Å². The average molecular weight is 335 g/mol. The lowest BCUT2D eigenvalue weighted by Crippen LogP contribution is -2.25. The summed E-state index contributed by atoms with van der Waals surface area (Å²) in [4.78, 5) is 23.0. The van der Waals surface area contributed by atoms with Gasteiger partial charge in [0.05, 0.1) is 0 Å². The zero-order chi connectivity index (χ0) is 14.7. The summed E-state index contributed by atoms with van der Waals surface area (Å²) in [5.74, 6) is -0.412. The topological polar surface area (TPSA) is 43.4 Å². The molecule has 0 atom stereocenters. The van der Waals surface area contributed by atoms with Crippen LogP contribution in [0.25, 0.3) is 0 Å². The maximum Gasteiger partial charge on any atom is 0.313 e. The fraction of sp³-hybridized carbons (Fsp3) is 0.867. The highest BCUT2D eigenvalue weighted by Crippen LogP contribution is 2.11. The lowest BCUT2D eigenvalue weighted by molar-refractivity contribution is -0.156. The molecule has 0 fully saturated rings. The number of carbonyl (C=O) groups excluding carboxylic acids is 2. The molecule has 0 rings (SSSR count). The van der Waals surface area contributed by atoms with Crippen LogP contribution >= 0.6 is 15.9 Å². The minimum absolute atomic E-state index is 0.00490. The van der Waals surface area contributed by atoms with Gasteiger partial charge in [0.1, 0.15) is 17.8 Å². The minimum atomic E-state index is -0.507. The van der Waals surface area contributed by atoms with Gasteiger partial charge in [0.25, 0.3) is 0 Å². The summed E-state index contributed by atoms with van der Waals surface area (Å²) in [6.45, 7) is 5.42. The van der Waals surface area contributed by atoms with E-state index in [9.17, 15) is 9.59 Å². The first-order valence-electron chi connectivity index (χ1n) is 7.14. The van der Waals surface area contributed by atoms with Crippen LogP contribution in [0.2, 0.25) is 0 Å². The van der Waals surface area contributed by atoms with Crippen molar-refractivity contribution >= 4 is 27.7 Å². The third-order valence-corrected chi connectivity index (χ3v) is 3.16. The quantitative estimate of drug-likeness (QED) is 0.257. The van der Waals surface area contributed by atoms with Crippen molar-refractivity contribution < 1.29 is 14.3 Å². The molecule has 0 unspecified atom stereocenters. The van der Waals surface area contributed by atoms with E-state index in [4.69, 9.17) is 4.74 Å². The number of hydrogen-bond acceptors (Lipinski definition) is 3. The third-order valence-electron chi connectivity index (χ3n) is 2.60.